The Morgan fingerprint density at radius 2 is 2.04 bits per heavy atom. The number of amides is 1. The minimum absolute atomic E-state index is 0.153. The van der Waals surface area contributed by atoms with Crippen molar-refractivity contribution < 1.29 is 13.9 Å². The fourth-order valence-electron chi connectivity index (χ4n) is 3.67. The van der Waals surface area contributed by atoms with Crippen molar-refractivity contribution in [1.82, 2.24) is 4.98 Å². The van der Waals surface area contributed by atoms with E-state index in [9.17, 15) is 9.18 Å². The molecule has 3 rings (SSSR count). The van der Waals surface area contributed by atoms with E-state index < -0.39 is 6.09 Å². The molecule has 1 aliphatic carbocycles. The molecule has 5 heteroatoms. The van der Waals surface area contributed by atoms with Gasteiger partial charge in [-0.15, -0.1) is 0 Å². The van der Waals surface area contributed by atoms with Gasteiger partial charge in [0.2, 0.25) is 0 Å². The number of nitrogens with two attached hydrogens (primary N) is 1. The highest BCUT2D eigenvalue weighted by Gasteiger charge is 2.28. The van der Waals surface area contributed by atoms with Crippen molar-refractivity contribution in [3.05, 3.63) is 41.8 Å². The zero-order valence-corrected chi connectivity index (χ0v) is 13.2. The molecule has 1 heterocycles. The van der Waals surface area contributed by atoms with Crippen LogP contribution in [0.4, 0.5) is 9.18 Å². The number of aromatic nitrogens is 1. The molecule has 1 aromatic carbocycles. The molecule has 1 amide bonds. The van der Waals surface area contributed by atoms with Crippen LogP contribution in [0.2, 0.25) is 0 Å². The van der Waals surface area contributed by atoms with Crippen LogP contribution in [-0.2, 0) is 4.74 Å². The average molecular weight is 316 g/mol. The first kappa shape index (κ1) is 15.7. The van der Waals surface area contributed by atoms with Gasteiger partial charge in [-0.1, -0.05) is 0 Å². The van der Waals surface area contributed by atoms with Crippen molar-refractivity contribution in [3.8, 4) is 0 Å². The summed E-state index contributed by atoms with van der Waals surface area (Å²) < 4.78 is 18.7. The van der Waals surface area contributed by atoms with Gasteiger partial charge in [0.15, 0.2) is 0 Å². The summed E-state index contributed by atoms with van der Waals surface area (Å²) in [6, 6.07) is 6.74. The van der Waals surface area contributed by atoms with E-state index in [2.05, 4.69) is 4.98 Å². The van der Waals surface area contributed by atoms with Gasteiger partial charge in [0.1, 0.15) is 11.9 Å². The summed E-state index contributed by atoms with van der Waals surface area (Å²) in [5.74, 6) is 0.492. The Bertz CT molecular complexity index is 711. The summed E-state index contributed by atoms with van der Waals surface area (Å²) in [6.07, 6.45) is 4.85. The number of pyridine rings is 1. The zero-order chi connectivity index (χ0) is 16.4. The predicted molar refractivity (Wildman–Crippen MR) is 86.5 cm³/mol. The van der Waals surface area contributed by atoms with Crippen LogP contribution in [0.25, 0.3) is 10.9 Å². The molecule has 0 unspecified atom stereocenters. The predicted octanol–water partition coefficient (Wildman–Crippen LogP) is 4.13. The van der Waals surface area contributed by atoms with Crippen molar-refractivity contribution >= 4 is 17.0 Å². The quantitative estimate of drug-likeness (QED) is 0.926. The molecule has 122 valence electrons. The Labute approximate surface area is 134 Å². The van der Waals surface area contributed by atoms with E-state index >= 15 is 0 Å². The molecule has 0 saturated heterocycles. The van der Waals surface area contributed by atoms with Crippen molar-refractivity contribution in [2.24, 2.45) is 11.7 Å². The number of primary amides is 1. The summed E-state index contributed by atoms with van der Waals surface area (Å²) in [7, 11) is 0. The van der Waals surface area contributed by atoms with E-state index in [0.29, 0.717) is 11.8 Å². The molecule has 23 heavy (non-hydrogen) atoms. The van der Waals surface area contributed by atoms with Crippen LogP contribution >= 0.6 is 0 Å². The van der Waals surface area contributed by atoms with Crippen LogP contribution < -0.4 is 5.73 Å². The molecule has 1 aromatic heterocycles. The number of hydrogen-bond donors (Lipinski definition) is 1. The monoisotopic (exact) mass is 316 g/mol. The van der Waals surface area contributed by atoms with Gasteiger partial charge in [-0.2, -0.15) is 0 Å². The van der Waals surface area contributed by atoms with Crippen molar-refractivity contribution in [2.75, 3.05) is 0 Å². The van der Waals surface area contributed by atoms with Gasteiger partial charge in [-0.3, -0.25) is 4.98 Å². The minimum atomic E-state index is -0.713. The summed E-state index contributed by atoms with van der Waals surface area (Å²) in [5.41, 5.74) is 7.08. The van der Waals surface area contributed by atoms with Gasteiger partial charge in [-0.25, -0.2) is 9.18 Å². The third-order valence-electron chi connectivity index (χ3n) is 4.91. The average Bonchev–Trinajstić information content (AvgIpc) is 2.54. The molecule has 1 aliphatic rings. The molecular formula is C18H21FN2O2. The fraction of sp³-hybridized carbons (Fsp3) is 0.444. The first-order chi connectivity index (χ1) is 11.0. The molecular weight excluding hydrogens is 295 g/mol. The third-order valence-corrected chi connectivity index (χ3v) is 4.91. The maximum atomic E-state index is 13.6. The highest BCUT2D eigenvalue weighted by molar-refractivity contribution is 5.82. The van der Waals surface area contributed by atoms with Crippen LogP contribution in [-0.4, -0.2) is 17.2 Å². The number of rotatable bonds is 3. The van der Waals surface area contributed by atoms with Crippen LogP contribution in [0.3, 0.4) is 0 Å². The molecule has 2 N–H and O–H groups in total. The highest BCUT2D eigenvalue weighted by atomic mass is 19.1. The van der Waals surface area contributed by atoms with Gasteiger partial charge in [0.05, 0.1) is 5.52 Å². The first-order valence-corrected chi connectivity index (χ1v) is 8.05. The Hall–Kier alpha value is -2.17. The second kappa shape index (κ2) is 6.52. The summed E-state index contributed by atoms with van der Waals surface area (Å²) in [6.45, 7) is 1.90. The maximum Gasteiger partial charge on any atom is 0.404 e. The number of benzene rings is 1. The van der Waals surface area contributed by atoms with Crippen LogP contribution in [0.5, 0.6) is 0 Å². The van der Waals surface area contributed by atoms with Crippen molar-refractivity contribution in [1.29, 1.82) is 0 Å². The van der Waals surface area contributed by atoms with Crippen LogP contribution in [0, 0.1) is 11.7 Å². The lowest BCUT2D eigenvalue weighted by molar-refractivity contribution is 0.0636. The topological polar surface area (TPSA) is 65.2 Å². The van der Waals surface area contributed by atoms with E-state index in [-0.39, 0.29) is 11.9 Å². The molecule has 0 bridgehead atoms. The Morgan fingerprint density at radius 1 is 1.30 bits per heavy atom. The van der Waals surface area contributed by atoms with E-state index in [0.717, 1.165) is 42.1 Å². The Morgan fingerprint density at radius 3 is 2.74 bits per heavy atom. The summed E-state index contributed by atoms with van der Waals surface area (Å²) >= 11 is 0. The van der Waals surface area contributed by atoms with E-state index in [1.54, 1.807) is 18.3 Å². The van der Waals surface area contributed by atoms with Crippen molar-refractivity contribution in [3.63, 3.8) is 0 Å². The second-order valence-corrected chi connectivity index (χ2v) is 6.32. The van der Waals surface area contributed by atoms with Crippen molar-refractivity contribution in [2.45, 2.75) is 44.6 Å². The number of nitrogens with zero attached hydrogens (tertiary/aromatic N) is 1. The number of carbonyl (C=O) groups excluding carboxylic acids is 1. The molecule has 4 nitrogen and oxygen atoms in total. The second-order valence-electron chi connectivity index (χ2n) is 6.32. The minimum Gasteiger partial charge on any atom is -0.446 e. The van der Waals surface area contributed by atoms with Gasteiger partial charge < -0.3 is 10.5 Å². The van der Waals surface area contributed by atoms with Crippen LogP contribution in [0.1, 0.15) is 44.1 Å². The molecule has 0 spiro atoms. The highest BCUT2D eigenvalue weighted by Crippen LogP contribution is 2.39. The number of hydrogen-bond acceptors (Lipinski definition) is 3. The Kier molecular flexibility index (Phi) is 4.46. The van der Waals surface area contributed by atoms with Gasteiger partial charge in [0, 0.05) is 11.6 Å². The molecule has 1 saturated carbocycles. The number of halogens is 1. The number of ether oxygens (including phenoxy) is 1. The van der Waals surface area contributed by atoms with E-state index in [1.807, 2.05) is 13.0 Å². The lowest BCUT2D eigenvalue weighted by Crippen LogP contribution is -2.29. The summed E-state index contributed by atoms with van der Waals surface area (Å²) in [4.78, 5) is 15.2. The van der Waals surface area contributed by atoms with E-state index in [4.69, 9.17) is 10.5 Å². The molecule has 1 atom stereocenters. The first-order valence-electron chi connectivity index (χ1n) is 8.05. The molecule has 2 aromatic rings. The smallest absolute Gasteiger partial charge is 0.404 e. The normalized spacial score (nSPS) is 22.7. The van der Waals surface area contributed by atoms with Gasteiger partial charge >= 0.3 is 6.09 Å². The lowest BCUT2D eigenvalue weighted by atomic mass is 9.76. The van der Waals surface area contributed by atoms with E-state index in [1.165, 1.54) is 6.07 Å². The standard InChI is InChI=1S/C18H21FN2O2/c1-11(23-18(20)22)12-2-4-13(5-3-12)15-8-9-21-17-7-6-14(19)10-16(15)17/h6-13H,2-5H2,1H3,(H2,20,22)/t11-,12?,13?/m1/s1. The fourth-order valence-corrected chi connectivity index (χ4v) is 3.67. The zero-order valence-electron chi connectivity index (χ0n) is 13.2. The van der Waals surface area contributed by atoms with Gasteiger partial charge in [0.25, 0.3) is 0 Å². The van der Waals surface area contributed by atoms with Crippen LogP contribution in [0.15, 0.2) is 30.5 Å². The van der Waals surface area contributed by atoms with Gasteiger partial charge in [-0.05, 0) is 74.3 Å². The number of carbonyl (C=O) groups is 1. The SMILES string of the molecule is C[C@@H](OC(N)=O)C1CCC(c2ccnc3ccc(F)cc23)CC1. The maximum absolute atomic E-state index is 13.6. The number of fused-ring (bicyclic) bond motifs is 1. The largest absolute Gasteiger partial charge is 0.446 e. The molecule has 1 fully saturated rings. The summed E-state index contributed by atoms with van der Waals surface area (Å²) in [5, 5.41) is 0.900. The molecule has 0 aliphatic heterocycles. The lowest BCUT2D eigenvalue weighted by Gasteiger charge is -2.32. The molecule has 0 radical (unpaired) electrons. The third kappa shape index (κ3) is 3.44. The Balaban J connectivity index is 1.75.